The largest absolute Gasteiger partial charge is 0.493 e. The summed E-state index contributed by atoms with van der Waals surface area (Å²) in [5.74, 6) is 3.02. The third-order valence-corrected chi connectivity index (χ3v) is 6.57. The van der Waals surface area contributed by atoms with Gasteiger partial charge in [0, 0.05) is 18.5 Å². The van der Waals surface area contributed by atoms with Crippen LogP contribution in [0.5, 0.6) is 23.0 Å². The predicted molar refractivity (Wildman–Crippen MR) is 167 cm³/mol. The van der Waals surface area contributed by atoms with Crippen LogP contribution in [0.3, 0.4) is 0 Å². The highest BCUT2D eigenvalue weighted by molar-refractivity contribution is 5.69. The molecule has 0 aliphatic rings. The van der Waals surface area contributed by atoms with E-state index in [1.54, 1.807) is 29.2 Å². The van der Waals surface area contributed by atoms with Gasteiger partial charge < -0.3 is 28.6 Å². The van der Waals surface area contributed by atoms with E-state index in [2.05, 4.69) is 17.3 Å². The fourth-order valence-electron chi connectivity index (χ4n) is 4.47. The van der Waals surface area contributed by atoms with Crippen molar-refractivity contribution in [3.63, 3.8) is 0 Å². The highest BCUT2D eigenvalue weighted by atomic mass is 16.5. The zero-order valence-corrected chi connectivity index (χ0v) is 24.3. The zero-order valence-electron chi connectivity index (χ0n) is 24.3. The van der Waals surface area contributed by atoms with E-state index in [0.29, 0.717) is 36.2 Å². The van der Waals surface area contributed by atoms with E-state index >= 15 is 0 Å². The van der Waals surface area contributed by atoms with Crippen LogP contribution < -0.4 is 14.2 Å². The number of hydrogen-bond acceptors (Lipinski definition) is 7. The number of para-hydroxylation sites is 1. The van der Waals surface area contributed by atoms with Crippen molar-refractivity contribution < 1.29 is 28.5 Å². The number of aromatic nitrogens is 1. The van der Waals surface area contributed by atoms with Gasteiger partial charge in [0.1, 0.15) is 35.3 Å². The van der Waals surface area contributed by atoms with Crippen LogP contribution in [-0.4, -0.2) is 34.1 Å². The van der Waals surface area contributed by atoms with Gasteiger partial charge in [-0.05, 0) is 73.2 Å². The molecule has 0 radical (unpaired) electrons. The molecule has 0 saturated carbocycles. The summed E-state index contributed by atoms with van der Waals surface area (Å²) in [4.78, 5) is 17.9. The van der Waals surface area contributed by atoms with E-state index in [-0.39, 0.29) is 19.0 Å². The first-order valence-electron chi connectivity index (χ1n) is 14.1. The molecule has 0 atom stereocenters. The molecule has 0 bridgehead atoms. The van der Waals surface area contributed by atoms with Crippen molar-refractivity contribution in [2.75, 3.05) is 13.2 Å². The summed E-state index contributed by atoms with van der Waals surface area (Å²) in [5.41, 5.74) is 5.34. The molecule has 0 amide bonds. The van der Waals surface area contributed by atoms with Gasteiger partial charge in [-0.2, -0.15) is 0 Å². The summed E-state index contributed by atoms with van der Waals surface area (Å²) < 4.78 is 23.7. The number of nitrogens with zero attached hydrogens (tertiary/aromatic N) is 2. The molecule has 222 valence electrons. The van der Waals surface area contributed by atoms with Crippen LogP contribution in [0.15, 0.2) is 132 Å². The molecule has 4 aromatic carbocycles. The molecule has 0 saturated heterocycles. The standard InChI is InChI=1S/C36H32N2O6/c1-3-34(44-31-19-17-30(18-20-31)43-29-14-8-5-9-15-29)38(25-35(39)40)24-27-11-10-16-32(23-27)41-22-21-33-26(2)42-36(37-33)28-12-6-4-7-13-28/h4-20,23H,1,21-22,24-25H2,2H3,(H,39,40). The maximum Gasteiger partial charge on any atom is 0.323 e. The molecule has 0 aliphatic carbocycles. The number of carbonyl (C=O) groups is 1. The molecule has 0 spiro atoms. The Balaban J connectivity index is 1.20. The summed E-state index contributed by atoms with van der Waals surface area (Å²) >= 11 is 0. The van der Waals surface area contributed by atoms with E-state index in [9.17, 15) is 9.90 Å². The highest BCUT2D eigenvalue weighted by Gasteiger charge is 2.17. The van der Waals surface area contributed by atoms with Crippen LogP contribution in [0.2, 0.25) is 0 Å². The van der Waals surface area contributed by atoms with Crippen molar-refractivity contribution in [1.29, 1.82) is 0 Å². The molecule has 1 N–H and O–H groups in total. The quantitative estimate of drug-likeness (QED) is 0.104. The van der Waals surface area contributed by atoms with Crippen LogP contribution in [0, 0.1) is 6.92 Å². The molecule has 0 unspecified atom stereocenters. The Morgan fingerprint density at radius 3 is 2.25 bits per heavy atom. The summed E-state index contributed by atoms with van der Waals surface area (Å²) in [6, 6.07) is 33.7. The van der Waals surface area contributed by atoms with Gasteiger partial charge in [-0.15, -0.1) is 0 Å². The van der Waals surface area contributed by atoms with Gasteiger partial charge in [-0.1, -0.05) is 60.8 Å². The lowest BCUT2D eigenvalue weighted by Crippen LogP contribution is -2.30. The molecule has 0 aliphatic heterocycles. The van der Waals surface area contributed by atoms with E-state index < -0.39 is 5.97 Å². The number of oxazole rings is 1. The van der Waals surface area contributed by atoms with Gasteiger partial charge in [0.15, 0.2) is 0 Å². The Kier molecular flexibility index (Phi) is 9.77. The summed E-state index contributed by atoms with van der Waals surface area (Å²) in [5, 5.41) is 9.61. The molecule has 44 heavy (non-hydrogen) atoms. The average Bonchev–Trinajstić information content (AvgIpc) is 3.41. The molecule has 5 rings (SSSR count). The fourth-order valence-corrected chi connectivity index (χ4v) is 4.47. The van der Waals surface area contributed by atoms with Gasteiger partial charge in [-0.3, -0.25) is 4.79 Å². The number of ether oxygens (including phenoxy) is 3. The molecule has 8 heteroatoms. The first kappa shape index (κ1) is 29.8. The summed E-state index contributed by atoms with van der Waals surface area (Å²) in [7, 11) is 0. The molecule has 5 aromatic rings. The van der Waals surface area contributed by atoms with Crippen LogP contribution >= 0.6 is 0 Å². The monoisotopic (exact) mass is 588 g/mol. The van der Waals surface area contributed by atoms with Gasteiger partial charge >= 0.3 is 5.97 Å². The van der Waals surface area contributed by atoms with Crippen molar-refractivity contribution in [3.05, 3.63) is 144 Å². The van der Waals surface area contributed by atoms with Crippen LogP contribution in [0.1, 0.15) is 17.0 Å². The second kappa shape index (κ2) is 14.4. The van der Waals surface area contributed by atoms with E-state index in [4.69, 9.17) is 18.6 Å². The van der Waals surface area contributed by atoms with Crippen molar-refractivity contribution >= 4 is 5.97 Å². The number of aliphatic carboxylic acids is 1. The lowest BCUT2D eigenvalue weighted by Gasteiger charge is -2.24. The second-order valence-electron chi connectivity index (χ2n) is 9.85. The Bertz CT molecular complexity index is 1730. The van der Waals surface area contributed by atoms with Gasteiger partial charge in [0.2, 0.25) is 11.8 Å². The molecule has 8 nitrogen and oxygen atoms in total. The number of carboxylic acids is 1. The smallest absolute Gasteiger partial charge is 0.323 e. The third kappa shape index (κ3) is 8.18. The molecular weight excluding hydrogens is 556 g/mol. The Hall–Kier alpha value is -5.72. The third-order valence-electron chi connectivity index (χ3n) is 6.57. The first-order chi connectivity index (χ1) is 21.5. The summed E-state index contributed by atoms with van der Waals surface area (Å²) in [6.07, 6.45) is 0.573. The Labute approximate surface area is 256 Å². The highest BCUT2D eigenvalue weighted by Crippen LogP contribution is 2.26. The molecule has 1 heterocycles. The zero-order chi connectivity index (χ0) is 30.7. The second-order valence-corrected chi connectivity index (χ2v) is 9.85. The summed E-state index contributed by atoms with van der Waals surface area (Å²) in [6.45, 7) is 5.95. The van der Waals surface area contributed by atoms with E-state index in [1.165, 1.54) is 0 Å². The van der Waals surface area contributed by atoms with Crippen molar-refractivity contribution in [1.82, 2.24) is 9.88 Å². The maximum atomic E-state index is 11.7. The topological polar surface area (TPSA) is 94.3 Å². The van der Waals surface area contributed by atoms with Crippen molar-refractivity contribution in [3.8, 4) is 34.5 Å². The van der Waals surface area contributed by atoms with Crippen molar-refractivity contribution in [2.45, 2.75) is 19.9 Å². The van der Waals surface area contributed by atoms with Gasteiger partial charge in [0.25, 0.3) is 0 Å². The van der Waals surface area contributed by atoms with Crippen molar-refractivity contribution in [2.24, 2.45) is 0 Å². The maximum absolute atomic E-state index is 11.7. The van der Waals surface area contributed by atoms with Crippen LogP contribution in [0.25, 0.3) is 11.5 Å². The van der Waals surface area contributed by atoms with Gasteiger partial charge in [0.05, 0.1) is 12.3 Å². The van der Waals surface area contributed by atoms with Crippen LogP contribution in [-0.2, 0) is 17.8 Å². The lowest BCUT2D eigenvalue weighted by molar-refractivity contribution is -0.138. The number of aryl methyl sites for hydroxylation is 1. The number of hydrogen-bond donors (Lipinski definition) is 1. The molecular formula is C36H32N2O6. The van der Waals surface area contributed by atoms with Crippen LogP contribution in [0.4, 0.5) is 0 Å². The average molecular weight is 589 g/mol. The van der Waals surface area contributed by atoms with E-state index in [0.717, 1.165) is 28.3 Å². The number of carboxylic acid groups (broad SMARTS) is 1. The Morgan fingerprint density at radius 1 is 0.886 bits per heavy atom. The number of benzene rings is 4. The normalized spacial score (nSPS) is 10.5. The fraction of sp³-hybridized carbons (Fsp3) is 0.139. The Morgan fingerprint density at radius 2 is 1.55 bits per heavy atom. The minimum Gasteiger partial charge on any atom is -0.493 e. The minimum absolute atomic E-state index is 0.186. The first-order valence-corrected chi connectivity index (χ1v) is 14.1. The van der Waals surface area contributed by atoms with Gasteiger partial charge in [-0.25, -0.2) is 4.98 Å². The molecule has 1 aromatic heterocycles. The SMILES string of the molecule is C=C=C(Oc1ccc(Oc2ccccc2)cc1)N(CC(=O)O)Cc1cccc(OCCc2nc(-c3ccccc3)oc2C)c1. The predicted octanol–water partition coefficient (Wildman–Crippen LogP) is 7.66. The minimum atomic E-state index is -1.02. The molecule has 0 fully saturated rings. The van der Waals surface area contributed by atoms with E-state index in [1.807, 2.05) is 91.9 Å². The lowest BCUT2D eigenvalue weighted by atomic mass is 10.2. The number of rotatable bonds is 14.